The Hall–Kier alpha value is -3.36. The minimum atomic E-state index is -2.95. The fraction of sp³-hybridized carbons (Fsp3) is 0.300. The number of carbonyl (C=O) groups is 2. The van der Waals surface area contributed by atoms with Crippen molar-refractivity contribution >= 4 is 17.5 Å². The summed E-state index contributed by atoms with van der Waals surface area (Å²) < 4.78 is 39.4. The zero-order valence-electron chi connectivity index (χ0n) is 15.8. The van der Waals surface area contributed by atoms with Gasteiger partial charge in [-0.25, -0.2) is 0 Å². The molecule has 0 aromatic heterocycles. The molecule has 0 spiro atoms. The molecule has 2 aromatic carbocycles. The van der Waals surface area contributed by atoms with E-state index in [4.69, 9.17) is 9.47 Å². The lowest BCUT2D eigenvalue weighted by Gasteiger charge is -2.16. The first-order valence-corrected chi connectivity index (χ1v) is 8.84. The van der Waals surface area contributed by atoms with Gasteiger partial charge in [0.1, 0.15) is 5.75 Å². The normalized spacial score (nSPS) is 13.0. The van der Waals surface area contributed by atoms with Crippen LogP contribution in [0.25, 0.3) is 0 Å². The van der Waals surface area contributed by atoms with Gasteiger partial charge in [-0.15, -0.1) is 0 Å². The smallest absolute Gasteiger partial charge is 0.387 e. The zero-order chi connectivity index (χ0) is 21.0. The standard InChI is InChI=1S/C20H20F2N2O5/c1-27-16-10-12(19(26)23-13-5-6-13)9-15(17(16)28-2)24-18(25)11-3-7-14(8-4-11)29-20(21)22/h3-4,7-10,13,20H,5-6H2,1-2H3,(H,23,26)(H,24,25). The van der Waals surface area contributed by atoms with Crippen LogP contribution in [0, 0.1) is 0 Å². The predicted molar refractivity (Wildman–Crippen MR) is 101 cm³/mol. The summed E-state index contributed by atoms with van der Waals surface area (Å²) in [5.74, 6) is -0.325. The van der Waals surface area contributed by atoms with Crippen LogP contribution in [0.15, 0.2) is 36.4 Å². The van der Waals surface area contributed by atoms with Crippen molar-refractivity contribution in [3.63, 3.8) is 0 Å². The molecule has 3 rings (SSSR count). The summed E-state index contributed by atoms with van der Waals surface area (Å²) in [6.45, 7) is -2.95. The van der Waals surface area contributed by atoms with Gasteiger partial charge in [-0.1, -0.05) is 0 Å². The van der Waals surface area contributed by atoms with Crippen LogP contribution in [0.1, 0.15) is 33.6 Å². The second-order valence-electron chi connectivity index (χ2n) is 6.36. The number of hydrogen-bond donors (Lipinski definition) is 2. The molecule has 0 bridgehead atoms. The van der Waals surface area contributed by atoms with E-state index in [-0.39, 0.29) is 40.4 Å². The summed E-state index contributed by atoms with van der Waals surface area (Å²) in [4.78, 5) is 25.0. The summed E-state index contributed by atoms with van der Waals surface area (Å²) in [6.07, 6.45) is 1.88. The fourth-order valence-corrected chi connectivity index (χ4v) is 2.67. The van der Waals surface area contributed by atoms with Gasteiger partial charge in [0, 0.05) is 17.2 Å². The summed E-state index contributed by atoms with van der Waals surface area (Å²) >= 11 is 0. The molecule has 2 aromatic rings. The number of ether oxygens (including phenoxy) is 3. The van der Waals surface area contributed by atoms with Crippen molar-refractivity contribution in [1.82, 2.24) is 5.32 Å². The molecule has 1 aliphatic rings. The maximum absolute atomic E-state index is 12.6. The number of carbonyl (C=O) groups excluding carboxylic acids is 2. The van der Waals surface area contributed by atoms with Gasteiger partial charge in [0.05, 0.1) is 19.9 Å². The number of nitrogens with one attached hydrogen (secondary N) is 2. The molecule has 7 nitrogen and oxygen atoms in total. The van der Waals surface area contributed by atoms with E-state index in [1.54, 1.807) is 0 Å². The average Bonchev–Trinajstić information content (AvgIpc) is 3.51. The van der Waals surface area contributed by atoms with Crippen molar-refractivity contribution in [1.29, 1.82) is 0 Å². The molecule has 0 saturated heterocycles. The molecule has 1 fully saturated rings. The minimum absolute atomic E-state index is 0.0606. The Bertz CT molecular complexity index is 898. The summed E-state index contributed by atoms with van der Waals surface area (Å²) in [7, 11) is 2.84. The Labute approximate surface area is 165 Å². The van der Waals surface area contributed by atoms with E-state index < -0.39 is 12.5 Å². The number of amides is 2. The van der Waals surface area contributed by atoms with Crippen molar-refractivity contribution < 1.29 is 32.6 Å². The van der Waals surface area contributed by atoms with Gasteiger partial charge in [0.15, 0.2) is 11.5 Å². The molecule has 2 N–H and O–H groups in total. The maximum Gasteiger partial charge on any atom is 0.387 e. The fourth-order valence-electron chi connectivity index (χ4n) is 2.67. The van der Waals surface area contributed by atoms with Gasteiger partial charge in [-0.05, 0) is 49.2 Å². The van der Waals surface area contributed by atoms with E-state index in [0.29, 0.717) is 5.56 Å². The lowest BCUT2D eigenvalue weighted by Crippen LogP contribution is -2.25. The maximum atomic E-state index is 12.6. The largest absolute Gasteiger partial charge is 0.493 e. The van der Waals surface area contributed by atoms with Crippen molar-refractivity contribution in [2.24, 2.45) is 0 Å². The van der Waals surface area contributed by atoms with Crippen LogP contribution in [0.4, 0.5) is 14.5 Å². The molecule has 154 valence electrons. The van der Waals surface area contributed by atoms with E-state index in [0.717, 1.165) is 12.8 Å². The molecule has 1 aliphatic carbocycles. The van der Waals surface area contributed by atoms with Crippen LogP contribution in [0.5, 0.6) is 17.2 Å². The monoisotopic (exact) mass is 406 g/mol. The third kappa shape index (κ3) is 5.13. The number of halogens is 2. The summed E-state index contributed by atoms with van der Waals surface area (Å²) in [6, 6.07) is 8.41. The predicted octanol–water partition coefficient (Wildman–Crippen LogP) is 3.45. The van der Waals surface area contributed by atoms with Crippen molar-refractivity contribution in [3.05, 3.63) is 47.5 Å². The Morgan fingerprint density at radius 1 is 1.00 bits per heavy atom. The van der Waals surface area contributed by atoms with E-state index in [1.165, 1.54) is 50.6 Å². The summed E-state index contributed by atoms with van der Waals surface area (Å²) in [5.41, 5.74) is 0.761. The van der Waals surface area contributed by atoms with Crippen LogP contribution in [-0.4, -0.2) is 38.7 Å². The molecular weight excluding hydrogens is 386 g/mol. The van der Waals surface area contributed by atoms with Crippen molar-refractivity contribution in [2.75, 3.05) is 19.5 Å². The quantitative estimate of drug-likeness (QED) is 0.701. The Morgan fingerprint density at radius 2 is 1.69 bits per heavy atom. The molecule has 0 aliphatic heterocycles. The number of alkyl halides is 2. The highest BCUT2D eigenvalue weighted by molar-refractivity contribution is 6.06. The first-order chi connectivity index (χ1) is 13.9. The molecule has 0 radical (unpaired) electrons. The van der Waals surface area contributed by atoms with Gasteiger partial charge >= 0.3 is 6.61 Å². The first kappa shape index (κ1) is 20.4. The number of hydrogen-bond acceptors (Lipinski definition) is 5. The van der Waals surface area contributed by atoms with Gasteiger partial charge in [-0.3, -0.25) is 9.59 Å². The Balaban J connectivity index is 1.83. The zero-order valence-corrected chi connectivity index (χ0v) is 15.8. The highest BCUT2D eigenvalue weighted by Crippen LogP contribution is 2.37. The molecule has 0 atom stereocenters. The first-order valence-electron chi connectivity index (χ1n) is 8.84. The topological polar surface area (TPSA) is 85.9 Å². The third-order valence-corrected chi connectivity index (χ3v) is 4.24. The molecule has 0 heterocycles. The second-order valence-corrected chi connectivity index (χ2v) is 6.36. The van der Waals surface area contributed by atoms with Gasteiger partial charge in [0.2, 0.25) is 0 Å². The molecule has 9 heteroatoms. The Morgan fingerprint density at radius 3 is 2.24 bits per heavy atom. The van der Waals surface area contributed by atoms with Crippen molar-refractivity contribution in [2.45, 2.75) is 25.5 Å². The molecular formula is C20H20F2N2O5. The van der Waals surface area contributed by atoms with Crippen LogP contribution in [0.2, 0.25) is 0 Å². The van der Waals surface area contributed by atoms with Crippen molar-refractivity contribution in [3.8, 4) is 17.2 Å². The van der Waals surface area contributed by atoms with Crippen LogP contribution < -0.4 is 24.8 Å². The van der Waals surface area contributed by atoms with E-state index >= 15 is 0 Å². The van der Waals surface area contributed by atoms with Crippen LogP contribution >= 0.6 is 0 Å². The van der Waals surface area contributed by atoms with Gasteiger partial charge < -0.3 is 24.8 Å². The lowest BCUT2D eigenvalue weighted by atomic mass is 10.1. The second kappa shape index (κ2) is 8.76. The van der Waals surface area contributed by atoms with E-state index in [2.05, 4.69) is 15.4 Å². The molecule has 0 unspecified atom stereocenters. The third-order valence-electron chi connectivity index (χ3n) is 4.24. The van der Waals surface area contributed by atoms with Gasteiger partial charge in [-0.2, -0.15) is 8.78 Å². The van der Waals surface area contributed by atoms with Crippen LogP contribution in [-0.2, 0) is 0 Å². The minimum Gasteiger partial charge on any atom is -0.493 e. The molecule has 2 amide bonds. The van der Waals surface area contributed by atoms with E-state index in [1.807, 2.05) is 0 Å². The number of rotatable bonds is 8. The number of anilines is 1. The Kier molecular flexibility index (Phi) is 6.16. The number of methoxy groups -OCH3 is 2. The lowest BCUT2D eigenvalue weighted by molar-refractivity contribution is -0.0498. The van der Waals surface area contributed by atoms with Crippen LogP contribution in [0.3, 0.4) is 0 Å². The highest BCUT2D eigenvalue weighted by atomic mass is 19.3. The van der Waals surface area contributed by atoms with E-state index in [9.17, 15) is 18.4 Å². The summed E-state index contributed by atoms with van der Waals surface area (Å²) in [5, 5.41) is 5.53. The average molecular weight is 406 g/mol. The molecule has 29 heavy (non-hydrogen) atoms. The van der Waals surface area contributed by atoms with Gasteiger partial charge in [0.25, 0.3) is 11.8 Å². The molecule has 1 saturated carbocycles. The SMILES string of the molecule is COc1cc(C(=O)NC2CC2)cc(NC(=O)c2ccc(OC(F)F)cc2)c1OC. The highest BCUT2D eigenvalue weighted by Gasteiger charge is 2.25. The number of benzene rings is 2.